The molecule has 1 N–H and O–H groups in total. The minimum atomic E-state index is -0.771. The molecule has 0 aromatic carbocycles. The number of piperidine rings is 1. The Morgan fingerprint density at radius 1 is 1.33 bits per heavy atom. The van der Waals surface area contributed by atoms with Gasteiger partial charge in [-0.2, -0.15) is 0 Å². The number of carbonyl (C=O) groups is 2. The molecule has 0 saturated carbocycles. The van der Waals surface area contributed by atoms with Crippen molar-refractivity contribution in [3.05, 3.63) is 28.5 Å². The maximum absolute atomic E-state index is 12.1. The third-order valence-electron chi connectivity index (χ3n) is 3.11. The van der Waals surface area contributed by atoms with E-state index in [0.29, 0.717) is 36.1 Å². The molecule has 0 atom stereocenters. The fourth-order valence-electron chi connectivity index (χ4n) is 2.01. The van der Waals surface area contributed by atoms with E-state index in [0.717, 1.165) is 0 Å². The highest BCUT2D eigenvalue weighted by molar-refractivity contribution is 9.10. The number of halogens is 1. The number of hydrogen-bond donors (Lipinski definition) is 1. The van der Waals surface area contributed by atoms with Crippen molar-refractivity contribution >= 4 is 27.8 Å². The minimum absolute atomic E-state index is 0.0844. The van der Waals surface area contributed by atoms with Crippen LogP contribution < -0.4 is 0 Å². The number of carbonyl (C=O) groups excluding carboxylic acids is 1. The Kier molecular flexibility index (Phi) is 3.96. The molecule has 1 fully saturated rings. The molecule has 1 aliphatic heterocycles. The van der Waals surface area contributed by atoms with Crippen LogP contribution in [0.2, 0.25) is 0 Å². The van der Waals surface area contributed by atoms with Gasteiger partial charge in [0.1, 0.15) is 4.60 Å². The van der Waals surface area contributed by atoms with Crippen LogP contribution in [0, 0.1) is 5.92 Å². The lowest BCUT2D eigenvalue weighted by Crippen LogP contribution is -2.40. The average molecular weight is 313 g/mol. The number of rotatable bonds is 2. The summed E-state index contributed by atoms with van der Waals surface area (Å²) >= 11 is 3.21. The van der Waals surface area contributed by atoms with Crippen LogP contribution in [0.5, 0.6) is 0 Å². The van der Waals surface area contributed by atoms with Crippen LogP contribution in [-0.4, -0.2) is 40.0 Å². The van der Waals surface area contributed by atoms with E-state index in [4.69, 9.17) is 5.11 Å². The Hall–Kier alpha value is -1.43. The lowest BCUT2D eigenvalue weighted by molar-refractivity contribution is -0.143. The Labute approximate surface area is 113 Å². The molecular formula is C12H13BrN2O3. The quantitative estimate of drug-likeness (QED) is 0.845. The van der Waals surface area contributed by atoms with Gasteiger partial charge in [0.15, 0.2) is 0 Å². The van der Waals surface area contributed by atoms with Crippen molar-refractivity contribution in [3.8, 4) is 0 Å². The van der Waals surface area contributed by atoms with E-state index in [1.165, 1.54) is 6.20 Å². The summed E-state index contributed by atoms with van der Waals surface area (Å²) in [6, 6.07) is 3.43. The number of pyridine rings is 1. The first-order valence-corrected chi connectivity index (χ1v) is 6.51. The van der Waals surface area contributed by atoms with E-state index in [1.54, 1.807) is 17.0 Å². The number of aromatic nitrogens is 1. The van der Waals surface area contributed by atoms with Crippen LogP contribution in [0.3, 0.4) is 0 Å². The van der Waals surface area contributed by atoms with Gasteiger partial charge in [0.25, 0.3) is 5.91 Å². The predicted molar refractivity (Wildman–Crippen MR) is 68.2 cm³/mol. The van der Waals surface area contributed by atoms with Gasteiger partial charge < -0.3 is 10.0 Å². The smallest absolute Gasteiger partial charge is 0.306 e. The predicted octanol–water partition coefficient (Wildman–Crippen LogP) is 1.78. The largest absolute Gasteiger partial charge is 0.481 e. The minimum Gasteiger partial charge on any atom is -0.481 e. The molecule has 0 radical (unpaired) electrons. The van der Waals surface area contributed by atoms with Gasteiger partial charge in [0.2, 0.25) is 0 Å². The van der Waals surface area contributed by atoms with Crippen LogP contribution in [0.1, 0.15) is 23.2 Å². The van der Waals surface area contributed by atoms with E-state index >= 15 is 0 Å². The second kappa shape index (κ2) is 5.48. The molecule has 0 bridgehead atoms. The van der Waals surface area contributed by atoms with Crippen molar-refractivity contribution in [1.29, 1.82) is 0 Å². The zero-order valence-corrected chi connectivity index (χ0v) is 11.3. The lowest BCUT2D eigenvalue weighted by atomic mass is 9.97. The molecule has 18 heavy (non-hydrogen) atoms. The van der Waals surface area contributed by atoms with Gasteiger partial charge in [-0.05, 0) is 40.9 Å². The van der Waals surface area contributed by atoms with Gasteiger partial charge in [-0.1, -0.05) is 0 Å². The zero-order valence-electron chi connectivity index (χ0n) is 9.67. The third kappa shape index (κ3) is 2.87. The second-order valence-corrected chi connectivity index (χ2v) is 5.09. The SMILES string of the molecule is O=C(O)C1CCN(C(=O)c2ccc(Br)nc2)CC1. The first-order valence-electron chi connectivity index (χ1n) is 5.71. The number of carboxylic acids is 1. The number of likely N-dealkylation sites (tertiary alicyclic amines) is 1. The molecule has 1 aliphatic rings. The summed E-state index contributed by atoms with van der Waals surface area (Å²) in [7, 11) is 0. The van der Waals surface area contributed by atoms with Crippen molar-refractivity contribution in [1.82, 2.24) is 9.88 Å². The summed E-state index contributed by atoms with van der Waals surface area (Å²) in [5.41, 5.74) is 0.534. The first kappa shape index (κ1) is 13.0. The average Bonchev–Trinajstić information content (AvgIpc) is 2.39. The van der Waals surface area contributed by atoms with Gasteiger partial charge in [-0.25, -0.2) is 4.98 Å². The molecule has 0 spiro atoms. The maximum atomic E-state index is 12.1. The van der Waals surface area contributed by atoms with Gasteiger partial charge in [-0.3, -0.25) is 9.59 Å². The number of carboxylic acid groups (broad SMARTS) is 1. The van der Waals surface area contributed by atoms with E-state index < -0.39 is 5.97 Å². The summed E-state index contributed by atoms with van der Waals surface area (Å²) in [6.07, 6.45) is 2.56. The van der Waals surface area contributed by atoms with Crippen molar-refractivity contribution in [3.63, 3.8) is 0 Å². The van der Waals surface area contributed by atoms with Crippen LogP contribution in [0.15, 0.2) is 22.9 Å². The summed E-state index contributed by atoms with van der Waals surface area (Å²) in [4.78, 5) is 28.6. The first-order chi connectivity index (χ1) is 8.58. The Morgan fingerprint density at radius 2 is 2.00 bits per heavy atom. The van der Waals surface area contributed by atoms with Crippen LogP contribution in [0.4, 0.5) is 0 Å². The molecule has 6 heteroatoms. The molecule has 96 valence electrons. The van der Waals surface area contributed by atoms with E-state index in [-0.39, 0.29) is 11.8 Å². The number of hydrogen-bond acceptors (Lipinski definition) is 3. The molecule has 1 saturated heterocycles. The van der Waals surface area contributed by atoms with Gasteiger partial charge in [0, 0.05) is 19.3 Å². The summed E-state index contributed by atoms with van der Waals surface area (Å²) in [6.45, 7) is 0.984. The monoisotopic (exact) mass is 312 g/mol. The van der Waals surface area contributed by atoms with Crippen LogP contribution in [-0.2, 0) is 4.79 Å². The van der Waals surface area contributed by atoms with Gasteiger partial charge in [0.05, 0.1) is 11.5 Å². The molecule has 1 amide bonds. The highest BCUT2D eigenvalue weighted by Crippen LogP contribution is 2.19. The molecule has 1 aromatic rings. The number of nitrogens with zero attached hydrogens (tertiary/aromatic N) is 2. The molecule has 0 aliphatic carbocycles. The van der Waals surface area contributed by atoms with Crippen molar-refractivity contribution in [2.75, 3.05) is 13.1 Å². The van der Waals surface area contributed by atoms with Gasteiger partial charge >= 0.3 is 5.97 Å². The van der Waals surface area contributed by atoms with E-state index in [9.17, 15) is 9.59 Å². The van der Waals surface area contributed by atoms with Crippen LogP contribution >= 0.6 is 15.9 Å². The highest BCUT2D eigenvalue weighted by Gasteiger charge is 2.27. The lowest BCUT2D eigenvalue weighted by Gasteiger charge is -2.30. The van der Waals surface area contributed by atoms with E-state index in [2.05, 4.69) is 20.9 Å². The fourth-order valence-corrected chi connectivity index (χ4v) is 2.25. The van der Waals surface area contributed by atoms with Gasteiger partial charge in [-0.15, -0.1) is 0 Å². The Balaban J connectivity index is 1.99. The third-order valence-corrected chi connectivity index (χ3v) is 3.57. The topological polar surface area (TPSA) is 70.5 Å². The van der Waals surface area contributed by atoms with E-state index in [1.807, 2.05) is 0 Å². The molecule has 2 heterocycles. The number of aliphatic carboxylic acids is 1. The molecule has 5 nitrogen and oxygen atoms in total. The highest BCUT2D eigenvalue weighted by atomic mass is 79.9. The Morgan fingerprint density at radius 3 is 2.50 bits per heavy atom. The second-order valence-electron chi connectivity index (χ2n) is 4.27. The summed E-state index contributed by atoms with van der Waals surface area (Å²) < 4.78 is 0.684. The summed E-state index contributed by atoms with van der Waals surface area (Å²) in [5, 5.41) is 8.89. The number of amides is 1. The maximum Gasteiger partial charge on any atom is 0.306 e. The van der Waals surface area contributed by atoms with Crippen LogP contribution in [0.25, 0.3) is 0 Å². The van der Waals surface area contributed by atoms with Crippen molar-refractivity contribution in [2.45, 2.75) is 12.8 Å². The molecule has 0 unspecified atom stereocenters. The molecular weight excluding hydrogens is 300 g/mol. The van der Waals surface area contributed by atoms with Crippen molar-refractivity contribution in [2.24, 2.45) is 5.92 Å². The normalized spacial score (nSPS) is 16.6. The summed E-state index contributed by atoms with van der Waals surface area (Å²) in [5.74, 6) is -1.18. The fraction of sp³-hybridized carbons (Fsp3) is 0.417. The Bertz CT molecular complexity index is 453. The molecule has 2 rings (SSSR count). The standard InChI is InChI=1S/C12H13BrN2O3/c13-10-2-1-9(7-14-10)11(16)15-5-3-8(4-6-15)12(17)18/h1-2,7-8H,3-6H2,(H,17,18). The molecule has 1 aromatic heterocycles. The zero-order chi connectivity index (χ0) is 13.1. The van der Waals surface area contributed by atoms with Crippen molar-refractivity contribution < 1.29 is 14.7 Å².